The van der Waals surface area contributed by atoms with Crippen molar-refractivity contribution in [2.45, 2.75) is 49.5 Å². The van der Waals surface area contributed by atoms with Crippen molar-refractivity contribution < 1.29 is 13.6 Å². The lowest BCUT2D eigenvalue weighted by molar-refractivity contribution is -0.115. The number of anilines is 1. The Morgan fingerprint density at radius 3 is 2.62 bits per heavy atom. The van der Waals surface area contributed by atoms with Gasteiger partial charge in [-0.2, -0.15) is 0 Å². The van der Waals surface area contributed by atoms with Gasteiger partial charge in [-0.25, -0.2) is 15.0 Å². The van der Waals surface area contributed by atoms with Crippen molar-refractivity contribution in [2.24, 2.45) is 0 Å². The molecule has 0 aliphatic carbocycles. The molecule has 166 valence electrons. The van der Waals surface area contributed by atoms with Gasteiger partial charge in [-0.15, -0.1) is 11.8 Å². The number of carbonyl (C=O) groups excluding carboxylic acids is 1. The molecule has 0 bridgehead atoms. The second-order valence-electron chi connectivity index (χ2n) is 8.25. The van der Waals surface area contributed by atoms with Gasteiger partial charge in [-0.3, -0.25) is 4.79 Å². The SMILES string of the molecule is Cc1oc(-c2ccccc2)nc1CC(=O)Nc1ncc(SCc2ncc(C(C)(C)C)o2)s1. The first-order chi connectivity index (χ1) is 15.3. The van der Waals surface area contributed by atoms with Crippen molar-refractivity contribution in [3.8, 4) is 11.5 Å². The molecule has 4 aromatic rings. The molecule has 9 heteroatoms. The van der Waals surface area contributed by atoms with Gasteiger partial charge in [0.05, 0.1) is 34.5 Å². The number of thioether (sulfide) groups is 1. The Kier molecular flexibility index (Phi) is 6.48. The maximum Gasteiger partial charge on any atom is 0.232 e. The molecule has 0 spiro atoms. The van der Waals surface area contributed by atoms with E-state index in [2.05, 4.69) is 41.0 Å². The van der Waals surface area contributed by atoms with E-state index in [9.17, 15) is 4.79 Å². The van der Waals surface area contributed by atoms with Crippen LogP contribution in [0.4, 0.5) is 5.13 Å². The van der Waals surface area contributed by atoms with E-state index >= 15 is 0 Å². The van der Waals surface area contributed by atoms with Crippen molar-refractivity contribution in [3.05, 3.63) is 65.8 Å². The monoisotopic (exact) mass is 468 g/mol. The van der Waals surface area contributed by atoms with Gasteiger partial charge in [0.1, 0.15) is 11.5 Å². The number of hydrogen-bond donors (Lipinski definition) is 1. The van der Waals surface area contributed by atoms with Crippen LogP contribution >= 0.6 is 23.1 Å². The summed E-state index contributed by atoms with van der Waals surface area (Å²) < 4.78 is 12.5. The minimum atomic E-state index is -0.186. The smallest absolute Gasteiger partial charge is 0.232 e. The van der Waals surface area contributed by atoms with Gasteiger partial charge in [0.25, 0.3) is 0 Å². The summed E-state index contributed by atoms with van der Waals surface area (Å²) in [5.74, 6) is 3.11. The minimum absolute atomic E-state index is 0.0675. The van der Waals surface area contributed by atoms with Crippen LogP contribution < -0.4 is 5.32 Å². The normalized spacial score (nSPS) is 11.6. The lowest BCUT2D eigenvalue weighted by atomic mass is 9.94. The van der Waals surface area contributed by atoms with Gasteiger partial charge in [0, 0.05) is 11.0 Å². The van der Waals surface area contributed by atoms with Crippen LogP contribution in [0.25, 0.3) is 11.5 Å². The summed E-state index contributed by atoms with van der Waals surface area (Å²) in [5.41, 5.74) is 1.43. The first-order valence-electron chi connectivity index (χ1n) is 10.1. The molecule has 0 aliphatic heterocycles. The highest BCUT2D eigenvalue weighted by Crippen LogP contribution is 2.32. The molecule has 0 saturated carbocycles. The summed E-state index contributed by atoms with van der Waals surface area (Å²) in [7, 11) is 0. The van der Waals surface area contributed by atoms with E-state index in [0.29, 0.717) is 34.1 Å². The Morgan fingerprint density at radius 2 is 1.91 bits per heavy atom. The van der Waals surface area contributed by atoms with Gasteiger partial charge in [0.15, 0.2) is 5.13 Å². The van der Waals surface area contributed by atoms with E-state index in [0.717, 1.165) is 15.5 Å². The molecule has 0 atom stereocenters. The molecule has 0 unspecified atom stereocenters. The van der Waals surface area contributed by atoms with E-state index in [4.69, 9.17) is 8.83 Å². The molecule has 1 amide bonds. The van der Waals surface area contributed by atoms with Gasteiger partial charge < -0.3 is 14.2 Å². The molecule has 1 aromatic carbocycles. The number of aromatic nitrogens is 3. The summed E-state index contributed by atoms with van der Waals surface area (Å²) >= 11 is 2.99. The zero-order valence-corrected chi connectivity index (χ0v) is 20.0. The van der Waals surface area contributed by atoms with Gasteiger partial charge in [-0.1, -0.05) is 50.3 Å². The molecule has 32 heavy (non-hydrogen) atoms. The third kappa shape index (κ3) is 5.46. The minimum Gasteiger partial charge on any atom is -0.444 e. The summed E-state index contributed by atoms with van der Waals surface area (Å²) in [4.78, 5) is 25.6. The number of carbonyl (C=O) groups is 1. The van der Waals surface area contributed by atoms with E-state index in [-0.39, 0.29) is 17.7 Å². The summed E-state index contributed by atoms with van der Waals surface area (Å²) in [6.45, 7) is 8.08. The number of amides is 1. The second-order valence-corrected chi connectivity index (χ2v) is 10.6. The molecule has 0 saturated heterocycles. The van der Waals surface area contributed by atoms with Gasteiger partial charge in [0.2, 0.25) is 17.7 Å². The quantitative estimate of drug-likeness (QED) is 0.339. The van der Waals surface area contributed by atoms with E-state index in [1.54, 1.807) is 24.2 Å². The van der Waals surface area contributed by atoms with Crippen LogP contribution in [0.5, 0.6) is 0 Å². The first-order valence-corrected chi connectivity index (χ1v) is 11.9. The average Bonchev–Trinajstić information content (AvgIpc) is 3.48. The lowest BCUT2D eigenvalue weighted by Gasteiger charge is -2.12. The van der Waals surface area contributed by atoms with Crippen LogP contribution in [-0.4, -0.2) is 20.9 Å². The predicted molar refractivity (Wildman–Crippen MR) is 126 cm³/mol. The molecule has 0 aliphatic rings. The fraction of sp³-hybridized carbons (Fsp3) is 0.304. The number of nitrogens with one attached hydrogen (secondary N) is 1. The van der Waals surface area contributed by atoms with Crippen molar-refractivity contribution in [1.29, 1.82) is 0 Å². The fourth-order valence-electron chi connectivity index (χ4n) is 2.85. The van der Waals surface area contributed by atoms with Crippen molar-refractivity contribution in [3.63, 3.8) is 0 Å². The maximum absolute atomic E-state index is 12.5. The molecule has 1 N–H and O–H groups in total. The highest BCUT2D eigenvalue weighted by atomic mass is 32.2. The standard InChI is InChI=1S/C23H24N4O3S2/c1-14-16(26-21(29-14)15-8-6-5-7-9-15)10-18(28)27-22-25-12-20(32-22)31-13-19-24-11-17(30-19)23(2,3)4/h5-9,11-12H,10,13H2,1-4H3,(H,25,27,28). The number of aryl methyl sites for hydroxylation is 1. The van der Waals surface area contributed by atoms with E-state index in [1.807, 2.05) is 37.3 Å². The van der Waals surface area contributed by atoms with Crippen LogP contribution in [0.2, 0.25) is 0 Å². The van der Waals surface area contributed by atoms with Crippen LogP contribution in [-0.2, 0) is 22.4 Å². The summed E-state index contributed by atoms with van der Waals surface area (Å²) in [5, 5.41) is 3.39. The first kappa shape index (κ1) is 22.3. The molecular weight excluding hydrogens is 444 g/mol. The molecule has 3 heterocycles. The molecule has 0 radical (unpaired) electrons. The van der Waals surface area contributed by atoms with E-state index < -0.39 is 0 Å². The molecule has 3 aromatic heterocycles. The Hall–Kier alpha value is -2.91. The highest BCUT2D eigenvalue weighted by molar-refractivity contribution is 8.00. The zero-order chi connectivity index (χ0) is 22.7. The molecule has 7 nitrogen and oxygen atoms in total. The Morgan fingerprint density at radius 1 is 1.12 bits per heavy atom. The number of oxazole rings is 2. The highest BCUT2D eigenvalue weighted by Gasteiger charge is 2.19. The topological polar surface area (TPSA) is 94.1 Å². The van der Waals surface area contributed by atoms with Gasteiger partial charge >= 0.3 is 0 Å². The maximum atomic E-state index is 12.5. The van der Waals surface area contributed by atoms with Gasteiger partial charge in [-0.05, 0) is 19.1 Å². The lowest BCUT2D eigenvalue weighted by Crippen LogP contribution is -2.14. The third-order valence-electron chi connectivity index (χ3n) is 4.60. The number of thiazole rings is 1. The fourth-order valence-corrected chi connectivity index (χ4v) is 4.59. The largest absolute Gasteiger partial charge is 0.444 e. The predicted octanol–water partition coefficient (Wildman–Crippen LogP) is 5.87. The number of benzene rings is 1. The van der Waals surface area contributed by atoms with Crippen LogP contribution in [0.15, 0.2) is 55.8 Å². The van der Waals surface area contributed by atoms with Crippen LogP contribution in [0, 0.1) is 6.92 Å². The molecule has 4 rings (SSSR count). The average molecular weight is 469 g/mol. The second kappa shape index (κ2) is 9.30. The Balaban J connectivity index is 1.32. The van der Waals surface area contributed by atoms with Crippen molar-refractivity contribution >= 4 is 34.1 Å². The number of hydrogen-bond acceptors (Lipinski definition) is 8. The molecular formula is C23H24N4O3S2. The molecule has 0 fully saturated rings. The number of nitrogens with zero attached hydrogens (tertiary/aromatic N) is 3. The van der Waals surface area contributed by atoms with Crippen molar-refractivity contribution in [2.75, 3.05) is 5.32 Å². The summed E-state index contributed by atoms with van der Waals surface area (Å²) in [6, 6.07) is 9.62. The number of rotatable bonds is 7. The van der Waals surface area contributed by atoms with Crippen LogP contribution in [0.3, 0.4) is 0 Å². The Labute approximate surface area is 194 Å². The third-order valence-corrected chi connectivity index (χ3v) is 6.70. The van der Waals surface area contributed by atoms with Crippen molar-refractivity contribution in [1.82, 2.24) is 15.0 Å². The summed E-state index contributed by atoms with van der Waals surface area (Å²) in [6.07, 6.45) is 3.65. The van der Waals surface area contributed by atoms with E-state index in [1.165, 1.54) is 11.3 Å². The zero-order valence-electron chi connectivity index (χ0n) is 18.3. The van der Waals surface area contributed by atoms with Crippen LogP contribution in [0.1, 0.15) is 43.9 Å². The Bertz CT molecular complexity index is 1210.